The zero-order valence-corrected chi connectivity index (χ0v) is 36.1. The van der Waals surface area contributed by atoms with Gasteiger partial charge in [0.25, 0.3) is 0 Å². The predicted molar refractivity (Wildman–Crippen MR) is 282 cm³/mol. The maximum atomic E-state index is 2.42. The number of hydrogen-bond acceptors (Lipinski definition) is 1. The second kappa shape index (κ2) is 15.5. The Labute approximate surface area is 383 Å². The molecule has 0 amide bonds. The van der Waals surface area contributed by atoms with Gasteiger partial charge in [-0.25, -0.2) is 0 Å². The zero-order chi connectivity index (χ0) is 43.6. The Morgan fingerprint density at radius 1 is 0.258 bits per heavy atom. The summed E-state index contributed by atoms with van der Waals surface area (Å²) in [6.07, 6.45) is 0. The maximum absolute atomic E-state index is 2.42. The van der Waals surface area contributed by atoms with Gasteiger partial charge < -0.3 is 9.47 Å². The summed E-state index contributed by atoms with van der Waals surface area (Å²) >= 11 is 0. The number of para-hydroxylation sites is 1. The summed E-state index contributed by atoms with van der Waals surface area (Å²) in [5.41, 5.74) is 13.9. The molecule has 1 heterocycles. The lowest BCUT2D eigenvalue weighted by Gasteiger charge is -2.26. The highest BCUT2D eigenvalue weighted by atomic mass is 15.1. The fraction of sp³-hybridized carbons (Fsp3) is 0. The number of aromatic nitrogens is 1. The van der Waals surface area contributed by atoms with E-state index in [4.69, 9.17) is 0 Å². The van der Waals surface area contributed by atoms with Gasteiger partial charge in [0.15, 0.2) is 0 Å². The SMILES string of the molecule is c1ccc(-c2ccc(N(c3ccc(-c4cc5ccc6ccccc6c5c5ccccc45)cc3)c3cccc(-c4cccc(-n5c6ccccc6c6c7ccccc7ccc65)c4)c3)cc2)cc1. The Morgan fingerprint density at radius 2 is 0.788 bits per heavy atom. The van der Waals surface area contributed by atoms with Crippen molar-refractivity contribution in [3.63, 3.8) is 0 Å². The van der Waals surface area contributed by atoms with Gasteiger partial charge in [-0.2, -0.15) is 0 Å². The minimum Gasteiger partial charge on any atom is -0.310 e. The largest absolute Gasteiger partial charge is 0.310 e. The summed E-state index contributed by atoms with van der Waals surface area (Å²) in [5.74, 6) is 0. The van der Waals surface area contributed by atoms with Gasteiger partial charge in [0.2, 0.25) is 0 Å². The molecule has 13 aromatic rings. The minimum absolute atomic E-state index is 1.09. The number of nitrogens with zero attached hydrogens (tertiary/aromatic N) is 2. The molecule has 2 nitrogen and oxygen atoms in total. The number of benzene rings is 12. The van der Waals surface area contributed by atoms with Crippen molar-refractivity contribution in [3.8, 4) is 39.1 Å². The third kappa shape index (κ3) is 6.26. The van der Waals surface area contributed by atoms with Crippen molar-refractivity contribution in [2.75, 3.05) is 4.90 Å². The summed E-state index contributed by atoms with van der Waals surface area (Å²) in [6.45, 7) is 0. The molecule has 0 N–H and O–H groups in total. The number of rotatable bonds is 7. The van der Waals surface area contributed by atoms with Crippen LogP contribution in [-0.2, 0) is 0 Å². The van der Waals surface area contributed by atoms with Crippen LogP contribution < -0.4 is 4.90 Å². The van der Waals surface area contributed by atoms with Crippen LogP contribution in [0.4, 0.5) is 17.1 Å². The van der Waals surface area contributed by atoms with Crippen LogP contribution in [-0.4, -0.2) is 4.57 Å². The standard InChI is InChI=1S/C64H42N2/c1-2-14-43(15-3-1)44-30-35-51(36-31-44)65(52-37-32-47(33-38-52)60-42-50-29-28-45-16-4-6-22-55(45)63(50)58-25-9-8-24-57(58)60)53-20-12-18-48(40-53)49-19-13-21-54(41-49)66-61-27-11-10-26-59(61)64-56-23-7-5-17-46(56)34-39-62(64)66/h1-42H. The molecule has 66 heavy (non-hydrogen) atoms. The molecule has 0 aliphatic carbocycles. The molecule has 0 bridgehead atoms. The first-order valence-electron chi connectivity index (χ1n) is 22.7. The van der Waals surface area contributed by atoms with Crippen LogP contribution in [0, 0.1) is 0 Å². The fourth-order valence-electron chi connectivity index (χ4n) is 10.5. The van der Waals surface area contributed by atoms with Crippen LogP contribution in [0.5, 0.6) is 0 Å². The van der Waals surface area contributed by atoms with E-state index in [0.29, 0.717) is 0 Å². The summed E-state index contributed by atoms with van der Waals surface area (Å²) in [6, 6.07) is 93.2. The van der Waals surface area contributed by atoms with Crippen molar-refractivity contribution in [2.24, 2.45) is 0 Å². The Morgan fingerprint density at radius 3 is 1.53 bits per heavy atom. The van der Waals surface area contributed by atoms with E-state index in [2.05, 4.69) is 264 Å². The summed E-state index contributed by atoms with van der Waals surface area (Å²) in [5, 5.41) is 12.7. The lowest BCUT2D eigenvalue weighted by atomic mass is 9.90. The van der Waals surface area contributed by atoms with E-state index in [1.54, 1.807) is 0 Å². The molecule has 2 heteroatoms. The molecule has 0 atom stereocenters. The van der Waals surface area contributed by atoms with Gasteiger partial charge in [-0.3, -0.25) is 0 Å². The van der Waals surface area contributed by atoms with Crippen molar-refractivity contribution in [3.05, 3.63) is 255 Å². The Kier molecular flexibility index (Phi) is 8.89. The lowest BCUT2D eigenvalue weighted by Crippen LogP contribution is -2.10. The topological polar surface area (TPSA) is 8.17 Å². The van der Waals surface area contributed by atoms with Crippen molar-refractivity contribution in [1.82, 2.24) is 4.57 Å². The quantitative estimate of drug-likeness (QED) is 0.145. The molecule has 0 spiro atoms. The van der Waals surface area contributed by atoms with E-state index in [9.17, 15) is 0 Å². The molecular formula is C64H42N2. The van der Waals surface area contributed by atoms with Gasteiger partial charge in [0.05, 0.1) is 11.0 Å². The van der Waals surface area contributed by atoms with Crippen LogP contribution in [0.25, 0.3) is 104 Å². The minimum atomic E-state index is 1.09. The first-order chi connectivity index (χ1) is 32.7. The highest BCUT2D eigenvalue weighted by Crippen LogP contribution is 2.43. The van der Waals surface area contributed by atoms with Gasteiger partial charge in [0, 0.05) is 33.5 Å². The monoisotopic (exact) mass is 838 g/mol. The number of anilines is 3. The van der Waals surface area contributed by atoms with Crippen LogP contribution >= 0.6 is 0 Å². The molecular weight excluding hydrogens is 797 g/mol. The van der Waals surface area contributed by atoms with Crippen molar-refractivity contribution >= 4 is 82.0 Å². The second-order valence-corrected chi connectivity index (χ2v) is 17.3. The van der Waals surface area contributed by atoms with Crippen LogP contribution in [0.2, 0.25) is 0 Å². The van der Waals surface area contributed by atoms with Gasteiger partial charge in [-0.1, -0.05) is 188 Å². The van der Waals surface area contributed by atoms with Gasteiger partial charge in [0.1, 0.15) is 0 Å². The highest BCUT2D eigenvalue weighted by molar-refractivity contribution is 6.24. The van der Waals surface area contributed by atoms with Gasteiger partial charge >= 0.3 is 0 Å². The first kappa shape index (κ1) is 37.8. The first-order valence-corrected chi connectivity index (χ1v) is 22.7. The molecule has 13 rings (SSSR count). The third-order valence-electron chi connectivity index (χ3n) is 13.5. The highest BCUT2D eigenvalue weighted by Gasteiger charge is 2.18. The van der Waals surface area contributed by atoms with Crippen LogP contribution in [0.3, 0.4) is 0 Å². The average molecular weight is 839 g/mol. The van der Waals surface area contributed by atoms with E-state index in [1.807, 2.05) is 0 Å². The molecule has 0 saturated carbocycles. The summed E-state index contributed by atoms with van der Waals surface area (Å²) in [7, 11) is 0. The Hall–Kier alpha value is -8.72. The number of fused-ring (bicyclic) bond motifs is 10. The molecule has 0 unspecified atom stereocenters. The maximum Gasteiger partial charge on any atom is 0.0547 e. The molecule has 0 aliphatic heterocycles. The molecule has 0 saturated heterocycles. The van der Waals surface area contributed by atoms with Gasteiger partial charge in [-0.05, 0) is 143 Å². The number of hydrogen-bond donors (Lipinski definition) is 0. The van der Waals surface area contributed by atoms with E-state index in [-0.39, 0.29) is 0 Å². The second-order valence-electron chi connectivity index (χ2n) is 17.3. The Balaban J connectivity index is 0.926. The molecule has 1 aromatic heterocycles. The molecule has 12 aromatic carbocycles. The van der Waals surface area contributed by atoms with Crippen molar-refractivity contribution in [1.29, 1.82) is 0 Å². The third-order valence-corrected chi connectivity index (χ3v) is 13.5. The fourth-order valence-corrected chi connectivity index (χ4v) is 10.5. The van der Waals surface area contributed by atoms with Crippen molar-refractivity contribution < 1.29 is 0 Å². The summed E-state index contributed by atoms with van der Waals surface area (Å²) < 4.78 is 2.42. The smallest absolute Gasteiger partial charge is 0.0547 e. The molecule has 0 radical (unpaired) electrons. The van der Waals surface area contributed by atoms with Gasteiger partial charge in [-0.15, -0.1) is 0 Å². The Bertz CT molecular complexity index is 3970. The van der Waals surface area contributed by atoms with Crippen LogP contribution in [0.15, 0.2) is 255 Å². The average Bonchev–Trinajstić information content (AvgIpc) is 3.74. The van der Waals surface area contributed by atoms with Crippen LogP contribution in [0.1, 0.15) is 0 Å². The molecule has 308 valence electrons. The predicted octanol–water partition coefficient (Wildman–Crippen LogP) is 17.9. The van der Waals surface area contributed by atoms with E-state index < -0.39 is 0 Å². The van der Waals surface area contributed by atoms with E-state index >= 15 is 0 Å². The zero-order valence-electron chi connectivity index (χ0n) is 36.1. The normalized spacial score (nSPS) is 11.6. The summed E-state index contributed by atoms with van der Waals surface area (Å²) in [4.78, 5) is 2.38. The van der Waals surface area contributed by atoms with Crippen molar-refractivity contribution in [2.45, 2.75) is 0 Å². The molecule has 0 fully saturated rings. The van der Waals surface area contributed by atoms with E-state index in [0.717, 1.165) is 33.9 Å². The molecule has 0 aliphatic rings. The van der Waals surface area contributed by atoms with E-state index in [1.165, 1.54) is 87.1 Å². The lowest BCUT2D eigenvalue weighted by molar-refractivity contribution is 1.18.